The number of thiazole rings is 1. The van der Waals surface area contributed by atoms with Crippen LogP contribution >= 0.6 is 11.3 Å². The first kappa shape index (κ1) is 12.1. The maximum absolute atomic E-state index is 4.44. The van der Waals surface area contributed by atoms with Crippen molar-refractivity contribution in [3.8, 4) is 10.4 Å². The quantitative estimate of drug-likeness (QED) is 0.587. The van der Waals surface area contributed by atoms with E-state index in [1.165, 1.54) is 5.56 Å². The van der Waals surface area contributed by atoms with Gasteiger partial charge in [0.25, 0.3) is 0 Å². The summed E-state index contributed by atoms with van der Waals surface area (Å²) in [5.74, 6) is 0. The molecule has 0 unspecified atom stereocenters. The van der Waals surface area contributed by atoms with Crippen LogP contribution in [0.3, 0.4) is 0 Å². The van der Waals surface area contributed by atoms with Crippen molar-refractivity contribution in [3.05, 3.63) is 60.9 Å². The van der Waals surface area contributed by atoms with E-state index in [1.54, 1.807) is 11.3 Å². The highest BCUT2D eigenvalue weighted by molar-refractivity contribution is 7.18. The summed E-state index contributed by atoms with van der Waals surface area (Å²) in [4.78, 5) is 5.59. The molecule has 0 atom stereocenters. The molecule has 4 rings (SSSR count). The second kappa shape index (κ2) is 5.03. The topological polar surface area (TPSA) is 53.6 Å². The number of fused-ring (bicyclic) bond motifs is 1. The van der Waals surface area contributed by atoms with Crippen molar-refractivity contribution in [2.45, 2.75) is 0 Å². The van der Waals surface area contributed by atoms with Crippen LogP contribution in [0.1, 0.15) is 0 Å². The van der Waals surface area contributed by atoms with Gasteiger partial charge in [0.2, 0.25) is 0 Å². The molecule has 0 fully saturated rings. The molecule has 0 amide bonds. The molecule has 2 heterocycles. The van der Waals surface area contributed by atoms with Crippen molar-refractivity contribution in [1.29, 1.82) is 0 Å². The lowest BCUT2D eigenvalue weighted by Gasteiger charge is -2.02. The van der Waals surface area contributed by atoms with E-state index in [0.717, 1.165) is 26.6 Å². The number of aromatic nitrogens is 3. The van der Waals surface area contributed by atoms with Crippen molar-refractivity contribution in [3.63, 3.8) is 0 Å². The lowest BCUT2D eigenvalue weighted by Crippen LogP contribution is -1.87. The Kier molecular flexibility index (Phi) is 2.90. The largest absolute Gasteiger partial charge is 0.332 e. The van der Waals surface area contributed by atoms with E-state index < -0.39 is 0 Å². The van der Waals surface area contributed by atoms with E-state index in [1.807, 2.05) is 42.7 Å². The number of hydrogen-bond acceptors (Lipinski definition) is 4. The fourth-order valence-electron chi connectivity index (χ4n) is 2.21. The molecule has 0 saturated carbocycles. The van der Waals surface area contributed by atoms with Crippen molar-refractivity contribution in [2.24, 2.45) is 0 Å². The zero-order valence-corrected chi connectivity index (χ0v) is 11.9. The van der Waals surface area contributed by atoms with Crippen LogP contribution in [0.25, 0.3) is 21.3 Å². The van der Waals surface area contributed by atoms with Crippen LogP contribution < -0.4 is 5.32 Å². The number of hydrogen-bond donors (Lipinski definition) is 2. The molecule has 21 heavy (non-hydrogen) atoms. The number of nitrogens with one attached hydrogen (secondary N) is 2. The Morgan fingerprint density at radius 1 is 1.00 bits per heavy atom. The van der Waals surface area contributed by atoms with E-state index in [4.69, 9.17) is 0 Å². The van der Waals surface area contributed by atoms with Gasteiger partial charge in [0, 0.05) is 17.3 Å². The predicted molar refractivity (Wildman–Crippen MR) is 86.9 cm³/mol. The first-order valence-electron chi connectivity index (χ1n) is 6.60. The Morgan fingerprint density at radius 2 is 1.90 bits per heavy atom. The van der Waals surface area contributed by atoms with Gasteiger partial charge >= 0.3 is 0 Å². The van der Waals surface area contributed by atoms with E-state index in [0.29, 0.717) is 0 Å². The molecule has 0 aliphatic heterocycles. The SMILES string of the molecule is c1ccc(-c2cnc(Nc3ccc4[nH]ncc4c3)s2)cc1. The van der Waals surface area contributed by atoms with Crippen molar-refractivity contribution >= 4 is 33.1 Å². The zero-order chi connectivity index (χ0) is 14.1. The summed E-state index contributed by atoms with van der Waals surface area (Å²) in [6.45, 7) is 0. The van der Waals surface area contributed by atoms with Crippen molar-refractivity contribution in [1.82, 2.24) is 15.2 Å². The van der Waals surface area contributed by atoms with Gasteiger partial charge in [-0.25, -0.2) is 4.98 Å². The summed E-state index contributed by atoms with van der Waals surface area (Å²) in [5, 5.41) is 12.3. The van der Waals surface area contributed by atoms with Crippen LogP contribution in [0, 0.1) is 0 Å². The number of rotatable bonds is 3. The number of nitrogens with zero attached hydrogens (tertiary/aromatic N) is 2. The zero-order valence-electron chi connectivity index (χ0n) is 11.1. The summed E-state index contributed by atoms with van der Waals surface area (Å²) in [7, 11) is 0. The third-order valence-corrected chi connectivity index (χ3v) is 4.22. The standard InChI is InChI=1S/C16H12N4S/c1-2-4-11(5-3-1)15-10-17-16(21-15)19-13-6-7-14-12(8-13)9-18-20-14/h1-10H,(H,17,19)(H,18,20). The summed E-state index contributed by atoms with van der Waals surface area (Å²) in [6, 6.07) is 16.4. The average molecular weight is 292 g/mol. The lowest BCUT2D eigenvalue weighted by molar-refractivity contribution is 1.12. The highest BCUT2D eigenvalue weighted by Gasteiger charge is 2.05. The molecule has 0 aliphatic rings. The molecule has 4 nitrogen and oxygen atoms in total. The number of benzene rings is 2. The molecule has 0 aliphatic carbocycles. The molecule has 0 radical (unpaired) electrons. The highest BCUT2D eigenvalue weighted by Crippen LogP contribution is 2.30. The van der Waals surface area contributed by atoms with Gasteiger partial charge < -0.3 is 5.32 Å². The van der Waals surface area contributed by atoms with Crippen LogP contribution in [0.2, 0.25) is 0 Å². The third kappa shape index (κ3) is 2.39. The predicted octanol–water partition coefficient (Wildman–Crippen LogP) is 4.43. The van der Waals surface area contributed by atoms with Gasteiger partial charge in [0.15, 0.2) is 5.13 Å². The maximum atomic E-state index is 4.44. The fraction of sp³-hybridized carbons (Fsp3) is 0. The first-order chi connectivity index (χ1) is 10.4. The van der Waals surface area contributed by atoms with E-state index in [2.05, 4.69) is 38.7 Å². The number of H-pyrrole nitrogens is 1. The molecule has 0 saturated heterocycles. The molecule has 5 heteroatoms. The minimum absolute atomic E-state index is 0.886. The number of aromatic amines is 1. The second-order valence-corrected chi connectivity index (χ2v) is 5.72. The second-order valence-electron chi connectivity index (χ2n) is 4.69. The smallest absolute Gasteiger partial charge is 0.187 e. The first-order valence-corrected chi connectivity index (χ1v) is 7.41. The van der Waals surface area contributed by atoms with Crippen LogP contribution in [0.15, 0.2) is 60.9 Å². The van der Waals surface area contributed by atoms with E-state index >= 15 is 0 Å². The Bertz CT molecular complexity index is 879. The highest BCUT2D eigenvalue weighted by atomic mass is 32.1. The van der Waals surface area contributed by atoms with Crippen molar-refractivity contribution in [2.75, 3.05) is 5.32 Å². The van der Waals surface area contributed by atoms with Crippen LogP contribution in [0.4, 0.5) is 10.8 Å². The van der Waals surface area contributed by atoms with E-state index in [-0.39, 0.29) is 0 Å². The average Bonchev–Trinajstić information content (AvgIpc) is 3.17. The molecule has 4 aromatic rings. The molecule has 2 aromatic carbocycles. The van der Waals surface area contributed by atoms with Crippen LogP contribution in [-0.2, 0) is 0 Å². The Hall–Kier alpha value is -2.66. The molecular formula is C16H12N4S. The van der Waals surface area contributed by atoms with Gasteiger partial charge in [-0.2, -0.15) is 5.10 Å². The van der Waals surface area contributed by atoms with Gasteiger partial charge in [-0.1, -0.05) is 41.7 Å². The number of anilines is 2. The van der Waals surface area contributed by atoms with Gasteiger partial charge in [0.05, 0.1) is 16.6 Å². The van der Waals surface area contributed by atoms with E-state index in [9.17, 15) is 0 Å². The van der Waals surface area contributed by atoms with Crippen LogP contribution in [0.5, 0.6) is 0 Å². The maximum Gasteiger partial charge on any atom is 0.187 e. The van der Waals surface area contributed by atoms with Crippen molar-refractivity contribution < 1.29 is 0 Å². The molecule has 0 bridgehead atoms. The molecule has 102 valence electrons. The van der Waals surface area contributed by atoms with Gasteiger partial charge in [-0.15, -0.1) is 0 Å². The minimum atomic E-state index is 0.886. The van der Waals surface area contributed by atoms with Crippen LogP contribution in [-0.4, -0.2) is 15.2 Å². The van der Waals surface area contributed by atoms with Gasteiger partial charge in [-0.3, -0.25) is 5.10 Å². The lowest BCUT2D eigenvalue weighted by atomic mass is 10.2. The molecule has 0 spiro atoms. The minimum Gasteiger partial charge on any atom is -0.332 e. The van der Waals surface area contributed by atoms with Gasteiger partial charge in [-0.05, 0) is 23.8 Å². The summed E-state index contributed by atoms with van der Waals surface area (Å²) >= 11 is 1.64. The summed E-state index contributed by atoms with van der Waals surface area (Å²) in [5.41, 5.74) is 3.23. The Labute approximate surface area is 125 Å². The Morgan fingerprint density at radius 3 is 2.81 bits per heavy atom. The fourth-order valence-corrected chi connectivity index (χ4v) is 3.05. The molecule has 2 aromatic heterocycles. The normalized spacial score (nSPS) is 10.9. The monoisotopic (exact) mass is 292 g/mol. The van der Waals surface area contributed by atoms with Gasteiger partial charge in [0.1, 0.15) is 0 Å². The molecule has 2 N–H and O–H groups in total. The Balaban J connectivity index is 1.61. The third-order valence-electron chi connectivity index (χ3n) is 3.26. The molecular weight excluding hydrogens is 280 g/mol. The summed E-state index contributed by atoms with van der Waals surface area (Å²) in [6.07, 6.45) is 3.72. The summed E-state index contributed by atoms with van der Waals surface area (Å²) < 4.78 is 0.